The van der Waals surface area contributed by atoms with Crippen LogP contribution in [0, 0.1) is 5.92 Å². The van der Waals surface area contributed by atoms with Crippen LogP contribution < -0.4 is 5.73 Å². The molecule has 0 radical (unpaired) electrons. The topological polar surface area (TPSA) is 121 Å². The summed E-state index contributed by atoms with van der Waals surface area (Å²) >= 11 is 0. The van der Waals surface area contributed by atoms with E-state index in [1.807, 2.05) is 0 Å². The Balaban J connectivity index is 4.45. The van der Waals surface area contributed by atoms with Crippen molar-refractivity contribution < 1.29 is 24.9 Å². The van der Waals surface area contributed by atoms with Crippen LogP contribution in [0.15, 0.2) is 0 Å². The van der Waals surface area contributed by atoms with Crippen LogP contribution in [-0.2, 0) is 9.59 Å². The van der Waals surface area contributed by atoms with Gasteiger partial charge in [-0.15, -0.1) is 0 Å². The Labute approximate surface area is 75.0 Å². The molecule has 0 spiro atoms. The minimum absolute atomic E-state index is 0.297. The molecule has 0 aromatic carbocycles. The Morgan fingerprint density at radius 2 is 1.92 bits per heavy atom. The summed E-state index contributed by atoms with van der Waals surface area (Å²) in [5.41, 5.74) is 3.40. The van der Waals surface area contributed by atoms with Gasteiger partial charge in [0.2, 0.25) is 0 Å². The van der Waals surface area contributed by atoms with Gasteiger partial charge < -0.3 is 21.1 Å². The third kappa shape index (κ3) is 3.00. The molecule has 76 valence electrons. The molecule has 0 aliphatic heterocycles. The second kappa shape index (κ2) is 4.20. The average molecular weight is 191 g/mol. The van der Waals surface area contributed by atoms with Gasteiger partial charge in [0.1, 0.15) is 5.54 Å². The molecule has 6 heteroatoms. The second-order valence-corrected chi connectivity index (χ2v) is 3.06. The highest BCUT2D eigenvalue weighted by atomic mass is 16.4. The molecule has 0 aromatic heterocycles. The van der Waals surface area contributed by atoms with Crippen LogP contribution in [0.25, 0.3) is 0 Å². The summed E-state index contributed by atoms with van der Waals surface area (Å²) in [6.45, 7) is 0.558. The van der Waals surface area contributed by atoms with Crippen LogP contribution in [0.2, 0.25) is 0 Å². The van der Waals surface area contributed by atoms with Crippen molar-refractivity contribution >= 4 is 11.9 Å². The molecule has 0 saturated heterocycles. The Morgan fingerprint density at radius 3 is 2.15 bits per heavy atom. The van der Waals surface area contributed by atoms with E-state index in [4.69, 9.17) is 21.1 Å². The molecule has 0 fully saturated rings. The molecule has 0 bridgehead atoms. The standard InChI is InChI=1S/C7H13NO5/c1-4(5(10)11)2-7(8,3-9)6(12)13/h4,9H,2-3,8H2,1H3,(H,10,11)(H,12,13)/t4-,7+/m0/s1. The number of carboxylic acid groups (broad SMARTS) is 2. The molecule has 0 saturated carbocycles. The van der Waals surface area contributed by atoms with E-state index in [0.29, 0.717) is 0 Å². The van der Waals surface area contributed by atoms with Crippen LogP contribution >= 0.6 is 0 Å². The summed E-state index contributed by atoms with van der Waals surface area (Å²) in [5.74, 6) is -3.43. The minimum Gasteiger partial charge on any atom is -0.481 e. The smallest absolute Gasteiger partial charge is 0.326 e. The molecular formula is C7H13NO5. The van der Waals surface area contributed by atoms with Gasteiger partial charge in [-0.3, -0.25) is 9.59 Å². The second-order valence-electron chi connectivity index (χ2n) is 3.06. The van der Waals surface area contributed by atoms with Crippen molar-refractivity contribution in [2.75, 3.05) is 6.61 Å². The first-order chi connectivity index (χ1) is 5.83. The lowest BCUT2D eigenvalue weighted by molar-refractivity contribution is -0.148. The Kier molecular flexibility index (Phi) is 3.83. The number of carboxylic acids is 2. The molecule has 6 nitrogen and oxygen atoms in total. The summed E-state index contributed by atoms with van der Waals surface area (Å²) in [6, 6.07) is 0. The van der Waals surface area contributed by atoms with Crippen molar-refractivity contribution in [1.82, 2.24) is 0 Å². The number of hydrogen-bond acceptors (Lipinski definition) is 4. The van der Waals surface area contributed by atoms with Crippen molar-refractivity contribution in [3.8, 4) is 0 Å². The Bertz CT molecular complexity index is 217. The van der Waals surface area contributed by atoms with E-state index in [0.717, 1.165) is 0 Å². The lowest BCUT2D eigenvalue weighted by Crippen LogP contribution is -2.53. The number of carbonyl (C=O) groups is 2. The average Bonchev–Trinajstić information content (AvgIpc) is 2.03. The van der Waals surface area contributed by atoms with Gasteiger partial charge in [-0.25, -0.2) is 0 Å². The molecule has 0 aromatic rings. The SMILES string of the molecule is C[C@@H](C[C@@](N)(CO)C(=O)O)C(=O)O. The summed E-state index contributed by atoms with van der Waals surface area (Å²) in [5, 5.41) is 25.8. The first-order valence-corrected chi connectivity index (χ1v) is 3.69. The number of aliphatic hydroxyl groups excluding tert-OH is 1. The predicted octanol–water partition coefficient (Wildman–Crippen LogP) is -1.13. The lowest BCUT2D eigenvalue weighted by Gasteiger charge is -2.23. The predicted molar refractivity (Wildman–Crippen MR) is 43.1 cm³/mol. The van der Waals surface area contributed by atoms with Gasteiger partial charge in [0.15, 0.2) is 0 Å². The first-order valence-electron chi connectivity index (χ1n) is 3.69. The van der Waals surface area contributed by atoms with E-state index in [2.05, 4.69) is 0 Å². The normalized spacial score (nSPS) is 17.5. The van der Waals surface area contributed by atoms with E-state index >= 15 is 0 Å². The molecule has 5 N–H and O–H groups in total. The zero-order valence-electron chi connectivity index (χ0n) is 7.23. The maximum absolute atomic E-state index is 10.5. The third-order valence-electron chi connectivity index (χ3n) is 1.80. The van der Waals surface area contributed by atoms with Crippen LogP contribution in [-0.4, -0.2) is 39.4 Å². The minimum atomic E-state index is -1.86. The van der Waals surface area contributed by atoms with Crippen LogP contribution in [0.3, 0.4) is 0 Å². The van der Waals surface area contributed by atoms with Gasteiger partial charge in [-0.05, 0) is 6.42 Å². The van der Waals surface area contributed by atoms with Gasteiger partial charge >= 0.3 is 11.9 Å². The summed E-state index contributed by atoms with van der Waals surface area (Å²) < 4.78 is 0. The molecule has 0 aliphatic carbocycles. The summed E-state index contributed by atoms with van der Waals surface area (Å²) in [4.78, 5) is 20.9. The Hall–Kier alpha value is -1.14. The van der Waals surface area contributed by atoms with Crippen LogP contribution in [0.5, 0.6) is 0 Å². The number of rotatable bonds is 5. The van der Waals surface area contributed by atoms with Gasteiger partial charge in [0.05, 0.1) is 12.5 Å². The zero-order valence-corrected chi connectivity index (χ0v) is 7.23. The van der Waals surface area contributed by atoms with E-state index in [1.54, 1.807) is 0 Å². The highest BCUT2D eigenvalue weighted by molar-refractivity contribution is 5.80. The van der Waals surface area contributed by atoms with Crippen molar-refractivity contribution in [1.29, 1.82) is 0 Å². The van der Waals surface area contributed by atoms with Crippen molar-refractivity contribution in [3.05, 3.63) is 0 Å². The summed E-state index contributed by atoms with van der Waals surface area (Å²) in [6.07, 6.45) is -0.297. The molecule has 0 amide bonds. The van der Waals surface area contributed by atoms with Gasteiger partial charge in [0, 0.05) is 0 Å². The first kappa shape index (κ1) is 11.9. The monoisotopic (exact) mass is 191 g/mol. The van der Waals surface area contributed by atoms with E-state index < -0.39 is 30.0 Å². The Morgan fingerprint density at radius 1 is 1.46 bits per heavy atom. The van der Waals surface area contributed by atoms with Gasteiger partial charge in [-0.2, -0.15) is 0 Å². The fraction of sp³-hybridized carbons (Fsp3) is 0.714. The zero-order chi connectivity index (χ0) is 10.6. The maximum atomic E-state index is 10.5. The molecule has 13 heavy (non-hydrogen) atoms. The molecule has 0 rings (SSSR count). The lowest BCUT2D eigenvalue weighted by atomic mass is 9.90. The molecule has 2 atom stereocenters. The van der Waals surface area contributed by atoms with E-state index in [9.17, 15) is 9.59 Å². The number of aliphatic hydroxyl groups is 1. The van der Waals surface area contributed by atoms with Crippen molar-refractivity contribution in [3.63, 3.8) is 0 Å². The number of aliphatic carboxylic acids is 2. The maximum Gasteiger partial charge on any atom is 0.326 e. The van der Waals surface area contributed by atoms with Gasteiger partial charge in [0.25, 0.3) is 0 Å². The number of hydrogen-bond donors (Lipinski definition) is 4. The van der Waals surface area contributed by atoms with E-state index in [1.165, 1.54) is 6.92 Å². The quantitative estimate of drug-likeness (QED) is 0.436. The fourth-order valence-corrected chi connectivity index (χ4v) is 0.853. The highest BCUT2D eigenvalue weighted by Crippen LogP contribution is 2.14. The van der Waals surface area contributed by atoms with Crippen LogP contribution in [0.1, 0.15) is 13.3 Å². The molecular weight excluding hydrogens is 178 g/mol. The van der Waals surface area contributed by atoms with Crippen molar-refractivity contribution in [2.24, 2.45) is 11.7 Å². The number of nitrogens with two attached hydrogens (primary N) is 1. The van der Waals surface area contributed by atoms with E-state index in [-0.39, 0.29) is 6.42 Å². The molecule has 0 aliphatic rings. The highest BCUT2D eigenvalue weighted by Gasteiger charge is 2.36. The molecule has 0 unspecified atom stereocenters. The summed E-state index contributed by atoms with van der Waals surface area (Å²) in [7, 11) is 0. The van der Waals surface area contributed by atoms with Gasteiger partial charge in [-0.1, -0.05) is 6.92 Å². The molecule has 0 heterocycles. The van der Waals surface area contributed by atoms with Crippen LogP contribution in [0.4, 0.5) is 0 Å². The van der Waals surface area contributed by atoms with Crippen molar-refractivity contribution in [2.45, 2.75) is 18.9 Å². The fourth-order valence-electron chi connectivity index (χ4n) is 0.853. The largest absolute Gasteiger partial charge is 0.481 e. The third-order valence-corrected chi connectivity index (χ3v) is 1.80.